The van der Waals surface area contributed by atoms with E-state index in [0.717, 1.165) is 103 Å². The van der Waals surface area contributed by atoms with Crippen LogP contribution in [0.4, 0.5) is 0 Å². The molecule has 34 heavy (non-hydrogen) atoms. The van der Waals surface area contributed by atoms with E-state index in [9.17, 15) is 4.79 Å². The number of carbonyl (C=O) groups excluding carboxylic acids is 1. The highest BCUT2D eigenvalue weighted by Crippen LogP contribution is 2.41. The Bertz CT molecular complexity index is 453. The molecule has 2 unspecified atom stereocenters. The van der Waals surface area contributed by atoms with Crippen molar-refractivity contribution in [2.24, 2.45) is 0 Å². The molecule has 0 aromatic rings. The summed E-state index contributed by atoms with van der Waals surface area (Å²) in [4.78, 5) is 12.4. The van der Waals surface area contributed by atoms with Gasteiger partial charge in [0, 0.05) is 49.3 Å². The summed E-state index contributed by atoms with van der Waals surface area (Å²) in [6.07, 6.45) is 12.5. The van der Waals surface area contributed by atoms with E-state index in [2.05, 4.69) is 55.4 Å². The molecule has 0 saturated carbocycles. The van der Waals surface area contributed by atoms with E-state index in [0.29, 0.717) is 5.78 Å². The van der Waals surface area contributed by atoms with Crippen molar-refractivity contribution in [2.45, 2.75) is 143 Å². The molecule has 0 rings (SSSR count). The van der Waals surface area contributed by atoms with Crippen molar-refractivity contribution in [2.75, 3.05) is 26.4 Å². The average Bonchev–Trinajstić information content (AvgIpc) is 2.83. The number of ketones is 1. The van der Waals surface area contributed by atoms with Crippen LogP contribution >= 0.6 is 0 Å². The molecule has 0 heterocycles. The third kappa shape index (κ3) is 13.3. The van der Waals surface area contributed by atoms with Gasteiger partial charge in [-0.05, 0) is 66.2 Å². The van der Waals surface area contributed by atoms with Gasteiger partial charge in [0.15, 0.2) is 0 Å². The molecule has 0 saturated heterocycles. The Kier molecular flexibility index (Phi) is 20.0. The van der Waals surface area contributed by atoms with Gasteiger partial charge in [-0.1, -0.05) is 53.4 Å². The van der Waals surface area contributed by atoms with E-state index in [1.54, 1.807) is 0 Å². The van der Waals surface area contributed by atoms with Crippen LogP contribution < -0.4 is 0 Å². The van der Waals surface area contributed by atoms with Gasteiger partial charge in [0.2, 0.25) is 0 Å². The van der Waals surface area contributed by atoms with Crippen molar-refractivity contribution in [1.82, 2.24) is 0 Å². The minimum Gasteiger partial charge on any atom is -0.397 e. The standard InChI is InChI=1S/C27H58O5Si2/c1-9-26(7,33(29-11-3)30-12-4)23-19-15-17-21-25(28)22-18-16-20-24-27(8,10-2)34(31-13-5)32-14-6/h33-34H,9-24H2,1-8H3. The van der Waals surface area contributed by atoms with Crippen LogP contribution in [0.5, 0.6) is 0 Å². The van der Waals surface area contributed by atoms with Crippen molar-refractivity contribution < 1.29 is 22.5 Å². The van der Waals surface area contributed by atoms with Gasteiger partial charge in [-0.15, -0.1) is 0 Å². The topological polar surface area (TPSA) is 54.0 Å². The highest BCUT2D eigenvalue weighted by atomic mass is 28.3. The second-order valence-corrected chi connectivity index (χ2v) is 15.6. The molecule has 0 aromatic heterocycles. The molecule has 7 heteroatoms. The lowest BCUT2D eigenvalue weighted by Gasteiger charge is -2.34. The normalized spacial score (nSPS) is 15.6. The van der Waals surface area contributed by atoms with Gasteiger partial charge < -0.3 is 17.7 Å². The Morgan fingerprint density at radius 1 is 0.559 bits per heavy atom. The largest absolute Gasteiger partial charge is 0.397 e. The lowest BCUT2D eigenvalue weighted by molar-refractivity contribution is -0.119. The van der Waals surface area contributed by atoms with Crippen LogP contribution in [-0.2, 0) is 22.5 Å². The summed E-state index contributed by atoms with van der Waals surface area (Å²) in [5.74, 6) is 0.434. The van der Waals surface area contributed by atoms with Crippen LogP contribution in [0.1, 0.15) is 132 Å². The first-order chi connectivity index (χ1) is 16.3. The predicted octanol–water partition coefficient (Wildman–Crippen LogP) is 7.38. The van der Waals surface area contributed by atoms with Crippen LogP contribution in [0.2, 0.25) is 10.1 Å². The SMILES string of the molecule is CCO[SiH](OCC)C(C)(CC)CCCCCC(=O)CCCCCC(C)(CC)[SiH](OCC)OCC. The molecule has 5 nitrogen and oxygen atoms in total. The van der Waals surface area contributed by atoms with E-state index in [1.807, 2.05) is 0 Å². The molecular weight excluding hydrogens is 460 g/mol. The number of unbranched alkanes of at least 4 members (excludes halogenated alkanes) is 4. The maximum absolute atomic E-state index is 12.4. The molecule has 0 aliphatic rings. The van der Waals surface area contributed by atoms with E-state index in [4.69, 9.17) is 17.7 Å². The minimum absolute atomic E-state index is 0.176. The first-order valence-electron chi connectivity index (χ1n) is 14.2. The number of Topliss-reactive ketones (excluding diaryl/α,β-unsaturated/α-hetero) is 1. The fraction of sp³-hybridized carbons (Fsp3) is 0.963. The third-order valence-electron chi connectivity index (χ3n) is 7.43. The van der Waals surface area contributed by atoms with Gasteiger partial charge in [0.05, 0.1) is 0 Å². The summed E-state index contributed by atoms with van der Waals surface area (Å²) < 4.78 is 24.1. The molecule has 0 radical (unpaired) electrons. The molecule has 2 atom stereocenters. The van der Waals surface area contributed by atoms with Crippen molar-refractivity contribution >= 4 is 24.4 Å². The Morgan fingerprint density at radius 3 is 1.15 bits per heavy atom. The summed E-state index contributed by atoms with van der Waals surface area (Å²) in [5.41, 5.74) is 0. The molecule has 0 aliphatic carbocycles. The van der Waals surface area contributed by atoms with Gasteiger partial charge in [0.25, 0.3) is 0 Å². The van der Waals surface area contributed by atoms with Crippen LogP contribution in [0, 0.1) is 0 Å². The van der Waals surface area contributed by atoms with Crippen molar-refractivity contribution in [3.05, 3.63) is 0 Å². The van der Waals surface area contributed by atoms with Gasteiger partial charge in [-0.25, -0.2) is 0 Å². The molecule has 0 fully saturated rings. The van der Waals surface area contributed by atoms with Crippen molar-refractivity contribution in [3.8, 4) is 0 Å². The molecule has 0 aromatic carbocycles. The fourth-order valence-corrected chi connectivity index (χ4v) is 9.17. The molecule has 204 valence electrons. The zero-order valence-corrected chi connectivity index (χ0v) is 26.3. The van der Waals surface area contributed by atoms with Crippen LogP contribution in [0.15, 0.2) is 0 Å². The smallest absolute Gasteiger partial charge is 0.327 e. The molecule has 0 spiro atoms. The highest BCUT2D eigenvalue weighted by Gasteiger charge is 2.37. The minimum atomic E-state index is -1.67. The maximum atomic E-state index is 12.4. The molecule has 0 aliphatic heterocycles. The number of hydrogen-bond donors (Lipinski definition) is 0. The number of carbonyl (C=O) groups is 1. The predicted molar refractivity (Wildman–Crippen MR) is 149 cm³/mol. The van der Waals surface area contributed by atoms with Crippen LogP contribution in [0.25, 0.3) is 0 Å². The quantitative estimate of drug-likeness (QED) is 0.0985. The Balaban J connectivity index is 4.17. The summed E-state index contributed by atoms with van der Waals surface area (Å²) in [6.45, 7) is 20.3. The van der Waals surface area contributed by atoms with Gasteiger partial charge >= 0.3 is 18.6 Å². The van der Waals surface area contributed by atoms with E-state index < -0.39 is 18.6 Å². The van der Waals surface area contributed by atoms with Gasteiger partial charge in [-0.3, -0.25) is 4.79 Å². The monoisotopic (exact) mass is 518 g/mol. The third-order valence-corrected chi connectivity index (χ3v) is 13.6. The average molecular weight is 519 g/mol. The zero-order chi connectivity index (χ0) is 25.9. The Morgan fingerprint density at radius 2 is 0.882 bits per heavy atom. The summed E-state index contributed by atoms with van der Waals surface area (Å²) in [5, 5.41) is 0.352. The highest BCUT2D eigenvalue weighted by molar-refractivity contribution is 6.48. The summed E-state index contributed by atoms with van der Waals surface area (Å²) in [7, 11) is -3.34. The van der Waals surface area contributed by atoms with Crippen LogP contribution in [0.3, 0.4) is 0 Å². The lowest BCUT2D eigenvalue weighted by Crippen LogP contribution is -2.36. The molecule has 0 bridgehead atoms. The van der Waals surface area contributed by atoms with Crippen LogP contribution in [-0.4, -0.2) is 50.8 Å². The Labute approximate surface area is 215 Å². The second kappa shape index (κ2) is 20.1. The molecule has 0 N–H and O–H groups in total. The maximum Gasteiger partial charge on any atom is 0.327 e. The first kappa shape index (κ1) is 33.9. The van der Waals surface area contributed by atoms with Crippen molar-refractivity contribution in [1.29, 1.82) is 0 Å². The fourth-order valence-electron chi connectivity index (χ4n) is 4.61. The van der Waals surface area contributed by atoms with E-state index in [1.165, 1.54) is 0 Å². The number of hydrogen-bond acceptors (Lipinski definition) is 5. The molecule has 0 amide bonds. The molecular formula is C27H58O5Si2. The first-order valence-corrected chi connectivity index (χ1v) is 17.3. The Hall–Kier alpha value is -0.0562. The van der Waals surface area contributed by atoms with Gasteiger partial charge in [-0.2, -0.15) is 0 Å². The second-order valence-electron chi connectivity index (χ2n) is 10.2. The number of rotatable bonds is 24. The van der Waals surface area contributed by atoms with Gasteiger partial charge in [0.1, 0.15) is 5.78 Å². The van der Waals surface area contributed by atoms with E-state index in [-0.39, 0.29) is 10.1 Å². The van der Waals surface area contributed by atoms with Crippen molar-refractivity contribution in [3.63, 3.8) is 0 Å². The van der Waals surface area contributed by atoms with E-state index >= 15 is 0 Å². The zero-order valence-electron chi connectivity index (χ0n) is 24.0. The summed E-state index contributed by atoms with van der Waals surface area (Å²) in [6, 6.07) is 0. The lowest BCUT2D eigenvalue weighted by atomic mass is 9.97. The summed E-state index contributed by atoms with van der Waals surface area (Å²) >= 11 is 0.